The summed E-state index contributed by atoms with van der Waals surface area (Å²) in [5, 5.41) is 19.6. The first-order valence-electron chi connectivity index (χ1n) is 9.45. The Balaban J connectivity index is 1.96. The number of benzene rings is 2. The zero-order valence-corrected chi connectivity index (χ0v) is 15.4. The predicted octanol–water partition coefficient (Wildman–Crippen LogP) is 5.48. The van der Waals surface area contributed by atoms with Crippen LogP contribution in [-0.2, 0) is 5.41 Å². The summed E-state index contributed by atoms with van der Waals surface area (Å²) in [7, 11) is 0. The molecule has 0 aromatic heterocycles. The molecular formula is C23H28O2. The maximum absolute atomic E-state index is 9.80. The lowest BCUT2D eigenvalue weighted by Gasteiger charge is -2.42. The molecule has 0 heterocycles. The Labute approximate surface area is 150 Å². The Kier molecular flexibility index (Phi) is 3.64. The molecule has 2 N–H and O–H groups in total. The molecule has 4 rings (SSSR count). The highest BCUT2D eigenvalue weighted by Crippen LogP contribution is 2.68. The first-order valence-corrected chi connectivity index (χ1v) is 9.45. The summed E-state index contributed by atoms with van der Waals surface area (Å²) >= 11 is 0. The predicted molar refractivity (Wildman–Crippen MR) is 101 cm³/mol. The van der Waals surface area contributed by atoms with Gasteiger partial charge in [0.15, 0.2) is 0 Å². The summed E-state index contributed by atoms with van der Waals surface area (Å²) in [6.07, 6.45) is 3.76. The molecule has 2 aliphatic carbocycles. The van der Waals surface area contributed by atoms with E-state index in [1.165, 1.54) is 30.4 Å². The molecule has 4 atom stereocenters. The van der Waals surface area contributed by atoms with Crippen LogP contribution < -0.4 is 0 Å². The van der Waals surface area contributed by atoms with E-state index in [4.69, 9.17) is 0 Å². The van der Waals surface area contributed by atoms with Crippen molar-refractivity contribution in [3.05, 3.63) is 59.7 Å². The van der Waals surface area contributed by atoms with Gasteiger partial charge in [0.05, 0.1) is 0 Å². The average Bonchev–Trinajstić information content (AvgIpc) is 2.96. The van der Waals surface area contributed by atoms with Gasteiger partial charge in [-0.15, -0.1) is 0 Å². The first-order chi connectivity index (χ1) is 11.9. The van der Waals surface area contributed by atoms with Crippen LogP contribution in [0.1, 0.15) is 51.2 Å². The fourth-order valence-corrected chi connectivity index (χ4v) is 6.49. The minimum absolute atomic E-state index is 0.0547. The van der Waals surface area contributed by atoms with Gasteiger partial charge < -0.3 is 10.2 Å². The monoisotopic (exact) mass is 336 g/mol. The van der Waals surface area contributed by atoms with Crippen molar-refractivity contribution in [2.75, 3.05) is 0 Å². The molecule has 0 spiro atoms. The molecule has 4 unspecified atom stereocenters. The SMILES string of the molecule is CC1CC2C(C)(C1)CC(C)C2(c1ccc(O)cc1)c1ccc(O)cc1. The molecule has 2 aromatic rings. The van der Waals surface area contributed by atoms with E-state index in [1.807, 2.05) is 24.3 Å². The third-order valence-corrected chi connectivity index (χ3v) is 7.08. The van der Waals surface area contributed by atoms with Crippen LogP contribution in [0.15, 0.2) is 48.5 Å². The molecule has 2 saturated carbocycles. The van der Waals surface area contributed by atoms with E-state index in [0.717, 1.165) is 5.92 Å². The van der Waals surface area contributed by atoms with Gasteiger partial charge >= 0.3 is 0 Å². The molecule has 25 heavy (non-hydrogen) atoms. The summed E-state index contributed by atoms with van der Waals surface area (Å²) in [5.74, 6) is 2.48. The van der Waals surface area contributed by atoms with E-state index in [1.54, 1.807) is 0 Å². The largest absolute Gasteiger partial charge is 0.508 e. The van der Waals surface area contributed by atoms with E-state index in [-0.39, 0.29) is 5.41 Å². The van der Waals surface area contributed by atoms with Crippen molar-refractivity contribution in [1.29, 1.82) is 0 Å². The quantitative estimate of drug-likeness (QED) is 0.763. The molecule has 2 aromatic carbocycles. The van der Waals surface area contributed by atoms with Crippen molar-refractivity contribution in [2.24, 2.45) is 23.2 Å². The molecule has 0 saturated heterocycles. The minimum atomic E-state index is -0.0547. The van der Waals surface area contributed by atoms with Crippen molar-refractivity contribution in [2.45, 2.75) is 45.4 Å². The zero-order valence-electron chi connectivity index (χ0n) is 15.4. The van der Waals surface area contributed by atoms with Gasteiger partial charge in [0.25, 0.3) is 0 Å². The van der Waals surface area contributed by atoms with Gasteiger partial charge in [-0.3, -0.25) is 0 Å². The highest BCUT2D eigenvalue weighted by atomic mass is 16.3. The van der Waals surface area contributed by atoms with Crippen molar-refractivity contribution >= 4 is 0 Å². The van der Waals surface area contributed by atoms with Gasteiger partial charge in [-0.25, -0.2) is 0 Å². The van der Waals surface area contributed by atoms with Crippen LogP contribution in [0.25, 0.3) is 0 Å². The lowest BCUT2D eigenvalue weighted by Crippen LogP contribution is -2.39. The number of hydrogen-bond acceptors (Lipinski definition) is 2. The summed E-state index contributed by atoms with van der Waals surface area (Å²) in [6.45, 7) is 7.24. The van der Waals surface area contributed by atoms with E-state index in [2.05, 4.69) is 45.0 Å². The molecule has 132 valence electrons. The van der Waals surface area contributed by atoms with Crippen LogP contribution in [0.5, 0.6) is 11.5 Å². The molecule has 2 heteroatoms. The van der Waals surface area contributed by atoms with E-state index < -0.39 is 0 Å². The van der Waals surface area contributed by atoms with E-state index in [0.29, 0.717) is 28.7 Å². The zero-order chi connectivity index (χ0) is 17.8. The number of phenols is 2. The standard InChI is InChI=1S/C23H28O2/c1-15-12-21-22(3,13-15)14-16(2)23(21,17-4-8-19(24)9-5-17)18-6-10-20(25)11-7-18/h4-11,15-16,21,24-25H,12-14H2,1-3H3. The molecular weight excluding hydrogens is 308 g/mol. The normalized spacial score (nSPS) is 33.3. The molecule has 2 fully saturated rings. The van der Waals surface area contributed by atoms with Crippen molar-refractivity contribution in [3.63, 3.8) is 0 Å². The number of hydrogen-bond donors (Lipinski definition) is 2. The van der Waals surface area contributed by atoms with E-state index in [9.17, 15) is 10.2 Å². The summed E-state index contributed by atoms with van der Waals surface area (Å²) in [4.78, 5) is 0. The minimum Gasteiger partial charge on any atom is -0.508 e. The highest BCUT2D eigenvalue weighted by molar-refractivity contribution is 5.47. The number of rotatable bonds is 2. The second-order valence-corrected chi connectivity index (χ2v) is 8.82. The van der Waals surface area contributed by atoms with Gasteiger partial charge in [-0.2, -0.15) is 0 Å². The number of fused-ring (bicyclic) bond motifs is 1. The first kappa shape index (κ1) is 16.5. The van der Waals surface area contributed by atoms with Crippen molar-refractivity contribution < 1.29 is 10.2 Å². The van der Waals surface area contributed by atoms with Crippen LogP contribution in [0, 0.1) is 23.2 Å². The summed E-state index contributed by atoms with van der Waals surface area (Å²) in [5.41, 5.74) is 2.90. The van der Waals surface area contributed by atoms with E-state index >= 15 is 0 Å². The number of aromatic hydroxyl groups is 2. The molecule has 2 nitrogen and oxygen atoms in total. The number of phenolic OH excluding ortho intramolecular Hbond substituents is 2. The Morgan fingerprint density at radius 3 is 1.76 bits per heavy atom. The van der Waals surface area contributed by atoms with Crippen LogP contribution in [0.2, 0.25) is 0 Å². The molecule has 0 amide bonds. The molecule has 0 bridgehead atoms. The maximum Gasteiger partial charge on any atom is 0.115 e. The molecule has 2 aliphatic rings. The van der Waals surface area contributed by atoms with Crippen LogP contribution >= 0.6 is 0 Å². The third kappa shape index (κ3) is 2.30. The fourth-order valence-electron chi connectivity index (χ4n) is 6.49. The lowest BCUT2D eigenvalue weighted by molar-refractivity contribution is 0.229. The van der Waals surface area contributed by atoms with Gasteiger partial charge in [0.1, 0.15) is 11.5 Å². The highest BCUT2D eigenvalue weighted by Gasteiger charge is 2.62. The average molecular weight is 336 g/mol. The van der Waals surface area contributed by atoms with Crippen molar-refractivity contribution in [3.8, 4) is 11.5 Å². The van der Waals surface area contributed by atoms with Crippen LogP contribution in [-0.4, -0.2) is 10.2 Å². The van der Waals surface area contributed by atoms with Gasteiger partial charge in [0.2, 0.25) is 0 Å². The van der Waals surface area contributed by atoms with Gasteiger partial charge in [0, 0.05) is 5.41 Å². The second-order valence-electron chi connectivity index (χ2n) is 8.82. The van der Waals surface area contributed by atoms with Crippen LogP contribution in [0.3, 0.4) is 0 Å². The van der Waals surface area contributed by atoms with Gasteiger partial charge in [-0.05, 0) is 77.8 Å². The topological polar surface area (TPSA) is 40.5 Å². The Hall–Kier alpha value is -1.96. The Bertz CT molecular complexity index is 716. The fraction of sp³-hybridized carbons (Fsp3) is 0.478. The van der Waals surface area contributed by atoms with Crippen LogP contribution in [0.4, 0.5) is 0 Å². The Morgan fingerprint density at radius 2 is 1.28 bits per heavy atom. The maximum atomic E-state index is 9.80. The molecule has 0 radical (unpaired) electrons. The van der Waals surface area contributed by atoms with Gasteiger partial charge in [-0.1, -0.05) is 45.0 Å². The lowest BCUT2D eigenvalue weighted by atomic mass is 9.61. The summed E-state index contributed by atoms with van der Waals surface area (Å²) < 4.78 is 0. The van der Waals surface area contributed by atoms with Crippen molar-refractivity contribution in [1.82, 2.24) is 0 Å². The second kappa shape index (κ2) is 5.52. The summed E-state index contributed by atoms with van der Waals surface area (Å²) in [6, 6.07) is 15.7. The third-order valence-electron chi connectivity index (χ3n) is 7.08. The Morgan fingerprint density at radius 1 is 0.800 bits per heavy atom. The molecule has 0 aliphatic heterocycles. The smallest absolute Gasteiger partial charge is 0.115 e.